The molecular weight excluding hydrogens is 438 g/mol. The Labute approximate surface area is 205 Å². The van der Waals surface area contributed by atoms with Crippen molar-refractivity contribution in [2.24, 2.45) is 5.92 Å². The van der Waals surface area contributed by atoms with Gasteiger partial charge in [0.05, 0.1) is 12.6 Å². The highest BCUT2D eigenvalue weighted by atomic mass is 28.4. The number of rotatable bonds is 9. The lowest BCUT2D eigenvalue weighted by Gasteiger charge is -2.44. The summed E-state index contributed by atoms with van der Waals surface area (Å²) in [4.78, 5) is 12.6. The van der Waals surface area contributed by atoms with Crippen LogP contribution in [-0.4, -0.2) is 27.1 Å². The van der Waals surface area contributed by atoms with Gasteiger partial charge < -0.3 is 14.5 Å². The Morgan fingerprint density at radius 1 is 0.824 bits per heavy atom. The second-order valence-electron chi connectivity index (χ2n) is 10.0. The molecule has 0 radical (unpaired) electrons. The van der Waals surface area contributed by atoms with Gasteiger partial charge in [-0.3, -0.25) is 0 Å². The van der Waals surface area contributed by atoms with Gasteiger partial charge in [0, 0.05) is 0 Å². The summed E-state index contributed by atoms with van der Waals surface area (Å²) in [5.74, 6) is 0.183. The second kappa shape index (κ2) is 11.5. The Balaban J connectivity index is 1.83. The van der Waals surface area contributed by atoms with Gasteiger partial charge in [-0.25, -0.2) is 4.79 Å². The van der Waals surface area contributed by atoms with Crippen molar-refractivity contribution < 1.29 is 14.0 Å². The van der Waals surface area contributed by atoms with Gasteiger partial charge in [0.1, 0.15) is 6.61 Å². The Morgan fingerprint density at radius 2 is 1.29 bits per heavy atom. The first-order valence-electron chi connectivity index (χ1n) is 12.0. The lowest BCUT2D eigenvalue weighted by atomic mass is 10.1. The number of alkyl carbamates (subject to hydrolysis) is 1. The molecular formula is C29H37NO3Si. The minimum absolute atomic E-state index is 0.120. The van der Waals surface area contributed by atoms with Crippen LogP contribution in [0, 0.1) is 5.92 Å². The van der Waals surface area contributed by atoms with Crippen LogP contribution in [0.5, 0.6) is 0 Å². The van der Waals surface area contributed by atoms with Gasteiger partial charge in [-0.05, 0) is 26.9 Å². The zero-order chi connectivity index (χ0) is 24.6. The quantitative estimate of drug-likeness (QED) is 0.415. The third-order valence-corrected chi connectivity index (χ3v) is 11.2. The molecule has 1 N–H and O–H groups in total. The van der Waals surface area contributed by atoms with Crippen molar-refractivity contribution in [1.29, 1.82) is 0 Å². The van der Waals surface area contributed by atoms with Crippen molar-refractivity contribution in [3.8, 4) is 0 Å². The number of nitrogens with one attached hydrogen (secondary N) is 1. The normalized spacial score (nSPS) is 12.9. The molecule has 0 saturated carbocycles. The third-order valence-electron chi connectivity index (χ3n) is 6.22. The molecule has 0 spiro atoms. The van der Waals surface area contributed by atoms with Crippen LogP contribution in [0.1, 0.15) is 40.2 Å². The van der Waals surface area contributed by atoms with E-state index in [0.717, 1.165) is 5.56 Å². The number of benzene rings is 3. The molecule has 0 bridgehead atoms. The Hall–Kier alpha value is -2.89. The number of hydrogen-bond donors (Lipinski definition) is 1. The van der Waals surface area contributed by atoms with E-state index in [1.807, 2.05) is 42.5 Å². The lowest BCUT2D eigenvalue weighted by Crippen LogP contribution is -2.67. The number of carbonyl (C=O) groups is 1. The van der Waals surface area contributed by atoms with E-state index in [9.17, 15) is 4.79 Å². The molecule has 180 valence electrons. The molecule has 0 aliphatic rings. The van der Waals surface area contributed by atoms with Crippen molar-refractivity contribution in [1.82, 2.24) is 5.32 Å². The Kier molecular flexibility index (Phi) is 8.70. The summed E-state index contributed by atoms with van der Waals surface area (Å²) in [5.41, 5.74) is 0.960. The van der Waals surface area contributed by atoms with Crippen LogP contribution < -0.4 is 15.7 Å². The second-order valence-corrected chi connectivity index (χ2v) is 14.3. The summed E-state index contributed by atoms with van der Waals surface area (Å²) >= 11 is 0. The summed E-state index contributed by atoms with van der Waals surface area (Å²) in [5, 5.41) is 5.38. The highest BCUT2D eigenvalue weighted by Crippen LogP contribution is 2.37. The van der Waals surface area contributed by atoms with E-state index in [4.69, 9.17) is 9.16 Å². The molecule has 3 rings (SSSR count). The summed E-state index contributed by atoms with van der Waals surface area (Å²) < 4.78 is 12.5. The maximum absolute atomic E-state index is 12.6. The van der Waals surface area contributed by atoms with Crippen LogP contribution in [0.15, 0.2) is 91.0 Å². The first kappa shape index (κ1) is 25.7. The Morgan fingerprint density at radius 3 is 1.74 bits per heavy atom. The highest BCUT2D eigenvalue weighted by Gasteiger charge is 2.50. The van der Waals surface area contributed by atoms with E-state index in [1.165, 1.54) is 10.4 Å². The minimum atomic E-state index is -2.67. The molecule has 5 heteroatoms. The average molecular weight is 476 g/mol. The van der Waals surface area contributed by atoms with Crippen LogP contribution in [0.3, 0.4) is 0 Å². The molecule has 0 aliphatic heterocycles. The van der Waals surface area contributed by atoms with Crippen molar-refractivity contribution in [3.05, 3.63) is 96.6 Å². The molecule has 34 heavy (non-hydrogen) atoms. The first-order chi connectivity index (χ1) is 16.2. The molecule has 0 aliphatic carbocycles. The largest absolute Gasteiger partial charge is 0.445 e. The number of hydrogen-bond acceptors (Lipinski definition) is 3. The molecule has 0 aromatic heterocycles. The molecule has 0 saturated heterocycles. The van der Waals surface area contributed by atoms with E-state index < -0.39 is 14.4 Å². The van der Waals surface area contributed by atoms with Crippen LogP contribution in [0.4, 0.5) is 4.79 Å². The zero-order valence-electron chi connectivity index (χ0n) is 21.0. The Bertz CT molecular complexity index is 978. The zero-order valence-corrected chi connectivity index (χ0v) is 22.0. The fraction of sp³-hybridized carbons (Fsp3) is 0.345. The summed E-state index contributed by atoms with van der Waals surface area (Å²) in [6.07, 6.45) is -0.423. The van der Waals surface area contributed by atoms with Crippen molar-refractivity contribution in [3.63, 3.8) is 0 Å². The predicted octanol–water partition coefficient (Wildman–Crippen LogP) is 5.51. The molecule has 1 atom stereocenters. The van der Waals surface area contributed by atoms with Crippen molar-refractivity contribution in [2.45, 2.75) is 52.3 Å². The molecule has 3 aromatic rings. The summed E-state index contributed by atoms with van der Waals surface area (Å²) in [7, 11) is -2.67. The molecule has 0 heterocycles. The van der Waals surface area contributed by atoms with Gasteiger partial charge in [-0.15, -0.1) is 0 Å². The maximum atomic E-state index is 12.6. The van der Waals surface area contributed by atoms with Crippen LogP contribution in [0.2, 0.25) is 5.04 Å². The van der Waals surface area contributed by atoms with Gasteiger partial charge in [0.2, 0.25) is 0 Å². The van der Waals surface area contributed by atoms with Gasteiger partial charge in [0.25, 0.3) is 8.32 Å². The van der Waals surface area contributed by atoms with E-state index in [2.05, 4.69) is 88.5 Å². The van der Waals surface area contributed by atoms with Crippen molar-refractivity contribution >= 4 is 24.8 Å². The average Bonchev–Trinajstić information content (AvgIpc) is 2.83. The topological polar surface area (TPSA) is 47.6 Å². The van der Waals surface area contributed by atoms with Crippen LogP contribution in [-0.2, 0) is 15.8 Å². The first-order valence-corrected chi connectivity index (χ1v) is 13.9. The van der Waals surface area contributed by atoms with Gasteiger partial charge in [-0.1, -0.05) is 126 Å². The van der Waals surface area contributed by atoms with Crippen molar-refractivity contribution in [2.75, 3.05) is 6.61 Å². The van der Waals surface area contributed by atoms with Gasteiger partial charge in [0.15, 0.2) is 0 Å². The smallest absolute Gasteiger partial charge is 0.407 e. The number of amides is 1. The predicted molar refractivity (Wildman–Crippen MR) is 142 cm³/mol. The van der Waals surface area contributed by atoms with E-state index in [0.29, 0.717) is 6.61 Å². The maximum Gasteiger partial charge on any atom is 0.407 e. The van der Waals surface area contributed by atoms with E-state index in [1.54, 1.807) is 0 Å². The van der Waals surface area contributed by atoms with Crippen LogP contribution in [0.25, 0.3) is 0 Å². The SMILES string of the molecule is CC(C)[C@@H](CO[Si](c1ccccc1)(c1ccccc1)C(C)(C)C)NC(=O)OCc1ccccc1. The van der Waals surface area contributed by atoms with Gasteiger partial charge in [-0.2, -0.15) is 0 Å². The summed E-state index contributed by atoms with van der Waals surface area (Å²) in [6.45, 7) is 11.6. The standard InChI is InChI=1S/C29H37NO3Si/c1-23(2)27(30-28(31)32-21-24-15-9-6-10-16-24)22-33-34(29(3,4)5,25-17-11-7-12-18-25)26-19-13-8-14-20-26/h6-20,23,27H,21-22H2,1-5H3,(H,30,31)/t27-/m1/s1. The van der Waals surface area contributed by atoms with E-state index >= 15 is 0 Å². The minimum Gasteiger partial charge on any atom is -0.445 e. The van der Waals surface area contributed by atoms with E-state index in [-0.39, 0.29) is 23.6 Å². The molecule has 4 nitrogen and oxygen atoms in total. The number of carbonyl (C=O) groups excluding carboxylic acids is 1. The lowest BCUT2D eigenvalue weighted by molar-refractivity contribution is 0.125. The number of ether oxygens (including phenoxy) is 1. The van der Waals surface area contributed by atoms with Crippen LogP contribution >= 0.6 is 0 Å². The molecule has 0 unspecified atom stereocenters. The third kappa shape index (κ3) is 6.16. The fourth-order valence-electron chi connectivity index (χ4n) is 4.29. The molecule has 1 amide bonds. The summed E-state index contributed by atoms with van der Waals surface area (Å²) in [6, 6.07) is 30.6. The van der Waals surface area contributed by atoms with Gasteiger partial charge >= 0.3 is 6.09 Å². The molecule has 3 aromatic carbocycles. The molecule has 0 fully saturated rings. The fourth-order valence-corrected chi connectivity index (χ4v) is 8.88. The highest BCUT2D eigenvalue weighted by molar-refractivity contribution is 6.99. The monoisotopic (exact) mass is 475 g/mol.